The Labute approximate surface area is 129 Å². The van der Waals surface area contributed by atoms with Gasteiger partial charge in [-0.3, -0.25) is 14.4 Å². The first-order valence-corrected chi connectivity index (χ1v) is 7.02. The van der Waals surface area contributed by atoms with E-state index in [1.54, 1.807) is 7.05 Å². The fourth-order valence-corrected chi connectivity index (χ4v) is 2.44. The molecule has 1 saturated heterocycles. The van der Waals surface area contributed by atoms with E-state index in [1.807, 2.05) is 0 Å². The summed E-state index contributed by atoms with van der Waals surface area (Å²) in [5, 5.41) is 2.63. The zero-order valence-corrected chi connectivity index (χ0v) is 12.4. The van der Waals surface area contributed by atoms with Crippen LogP contribution in [0.25, 0.3) is 0 Å². The Balaban J connectivity index is 1.92. The van der Waals surface area contributed by atoms with Crippen LogP contribution in [0.15, 0.2) is 23.1 Å². The summed E-state index contributed by atoms with van der Waals surface area (Å²) in [6, 6.07) is 2.77. The Kier molecular flexibility index (Phi) is 4.76. The van der Waals surface area contributed by atoms with E-state index in [1.165, 1.54) is 22.9 Å². The number of anilines is 1. The fraction of sp³-hybridized carbons (Fsp3) is 0.500. The van der Waals surface area contributed by atoms with Crippen LogP contribution >= 0.6 is 0 Å². The highest BCUT2D eigenvalue weighted by atomic mass is 19.4. The Morgan fingerprint density at radius 3 is 2.35 bits per heavy atom. The number of likely N-dealkylation sites (tertiary alicyclic amines) is 1. The number of pyridine rings is 1. The van der Waals surface area contributed by atoms with Gasteiger partial charge in [-0.25, -0.2) is 0 Å². The van der Waals surface area contributed by atoms with Crippen molar-refractivity contribution in [3.63, 3.8) is 0 Å². The molecule has 0 radical (unpaired) electrons. The molecule has 1 aromatic rings. The average molecular weight is 331 g/mol. The van der Waals surface area contributed by atoms with Gasteiger partial charge in [0.2, 0.25) is 11.5 Å². The van der Waals surface area contributed by atoms with Crippen molar-refractivity contribution in [1.29, 1.82) is 0 Å². The molecule has 2 amide bonds. The molecule has 6 nitrogen and oxygen atoms in total. The van der Waals surface area contributed by atoms with E-state index >= 15 is 0 Å². The van der Waals surface area contributed by atoms with E-state index in [0.29, 0.717) is 5.69 Å². The Hall–Kier alpha value is -2.32. The number of nitrogens with zero attached hydrogens (tertiary/aromatic N) is 2. The number of hydrogen-bond acceptors (Lipinski definition) is 3. The Bertz CT molecular complexity index is 661. The van der Waals surface area contributed by atoms with Gasteiger partial charge in [-0.2, -0.15) is 13.2 Å². The minimum absolute atomic E-state index is 0.107. The van der Waals surface area contributed by atoms with Crippen LogP contribution in [0.4, 0.5) is 18.9 Å². The largest absolute Gasteiger partial charge is 0.471 e. The molecule has 1 aliphatic rings. The summed E-state index contributed by atoms with van der Waals surface area (Å²) < 4.78 is 38.4. The fourth-order valence-electron chi connectivity index (χ4n) is 2.44. The van der Waals surface area contributed by atoms with Gasteiger partial charge in [0.15, 0.2) is 0 Å². The highest BCUT2D eigenvalue weighted by molar-refractivity contribution is 5.92. The van der Waals surface area contributed by atoms with Gasteiger partial charge in [0.05, 0.1) is 5.69 Å². The number of nitrogens with one attached hydrogen (secondary N) is 1. The second kappa shape index (κ2) is 6.43. The summed E-state index contributed by atoms with van der Waals surface area (Å²) in [5.74, 6) is -2.67. The third-order valence-electron chi connectivity index (χ3n) is 3.75. The molecule has 0 spiro atoms. The summed E-state index contributed by atoms with van der Waals surface area (Å²) in [7, 11) is 1.54. The van der Waals surface area contributed by atoms with Gasteiger partial charge < -0.3 is 14.8 Å². The Morgan fingerprint density at radius 2 is 1.83 bits per heavy atom. The molecule has 0 bridgehead atoms. The highest BCUT2D eigenvalue weighted by Crippen LogP contribution is 2.24. The minimum Gasteiger partial charge on any atom is -0.335 e. The summed E-state index contributed by atoms with van der Waals surface area (Å²) in [6.07, 6.45) is -3.09. The lowest BCUT2D eigenvalue weighted by molar-refractivity contribution is -0.186. The lowest BCUT2D eigenvalue weighted by Gasteiger charge is -2.31. The molecule has 0 atom stereocenters. The standard InChI is InChI=1S/C14H16F3N3O3/c1-19-8-10(2-3-11(19)21)18-12(22)9-4-6-20(7-5-9)13(23)14(15,16)17/h2-3,8-9H,4-7H2,1H3,(H,18,22). The third kappa shape index (κ3) is 4.11. The van der Waals surface area contributed by atoms with E-state index in [4.69, 9.17) is 0 Å². The molecule has 1 fully saturated rings. The van der Waals surface area contributed by atoms with Crippen LogP contribution in [0.1, 0.15) is 12.8 Å². The first-order chi connectivity index (χ1) is 10.7. The smallest absolute Gasteiger partial charge is 0.335 e. The predicted molar refractivity (Wildman–Crippen MR) is 75.7 cm³/mol. The predicted octanol–water partition coefficient (Wildman–Crippen LogP) is 1.12. The number of carbonyl (C=O) groups excluding carboxylic acids is 2. The van der Waals surface area contributed by atoms with Gasteiger partial charge in [0, 0.05) is 38.3 Å². The molecule has 2 rings (SSSR count). The van der Waals surface area contributed by atoms with Crippen LogP contribution in [-0.4, -0.2) is 40.5 Å². The number of amides is 2. The van der Waals surface area contributed by atoms with E-state index in [2.05, 4.69) is 5.32 Å². The molecule has 0 unspecified atom stereocenters. The van der Waals surface area contributed by atoms with Crippen molar-refractivity contribution in [1.82, 2.24) is 9.47 Å². The molecule has 9 heteroatoms. The molecule has 0 aromatic carbocycles. The minimum atomic E-state index is -4.88. The number of aromatic nitrogens is 1. The third-order valence-corrected chi connectivity index (χ3v) is 3.75. The summed E-state index contributed by atoms with van der Waals surface area (Å²) in [4.78, 5) is 35.2. The van der Waals surface area contributed by atoms with Gasteiger partial charge in [-0.15, -0.1) is 0 Å². The first kappa shape index (κ1) is 17.0. The molecule has 0 aliphatic carbocycles. The normalized spacial score (nSPS) is 16.3. The number of rotatable bonds is 2. The maximum Gasteiger partial charge on any atom is 0.471 e. The van der Waals surface area contributed by atoms with Crippen molar-refractivity contribution in [2.24, 2.45) is 13.0 Å². The summed E-state index contributed by atoms with van der Waals surface area (Å²) in [5.41, 5.74) is 0.216. The molecule has 1 N–H and O–H groups in total. The zero-order valence-electron chi connectivity index (χ0n) is 12.4. The lowest BCUT2D eigenvalue weighted by Crippen LogP contribution is -2.46. The van der Waals surface area contributed by atoms with Crippen molar-refractivity contribution < 1.29 is 22.8 Å². The number of halogens is 3. The molecule has 0 saturated carbocycles. The quantitative estimate of drug-likeness (QED) is 0.883. The Morgan fingerprint density at radius 1 is 1.22 bits per heavy atom. The van der Waals surface area contributed by atoms with Crippen molar-refractivity contribution in [2.45, 2.75) is 19.0 Å². The molecule has 2 heterocycles. The van der Waals surface area contributed by atoms with E-state index in [9.17, 15) is 27.6 Å². The monoisotopic (exact) mass is 331 g/mol. The van der Waals surface area contributed by atoms with Gasteiger partial charge in [-0.1, -0.05) is 0 Å². The molecular weight excluding hydrogens is 315 g/mol. The number of alkyl halides is 3. The number of aryl methyl sites for hydroxylation is 1. The maximum atomic E-state index is 12.3. The van der Waals surface area contributed by atoms with Crippen molar-refractivity contribution in [3.8, 4) is 0 Å². The van der Waals surface area contributed by atoms with Gasteiger partial charge >= 0.3 is 12.1 Å². The van der Waals surface area contributed by atoms with Crippen LogP contribution in [0.3, 0.4) is 0 Å². The highest BCUT2D eigenvalue weighted by Gasteiger charge is 2.43. The van der Waals surface area contributed by atoms with E-state index in [0.717, 1.165) is 4.90 Å². The molecule has 126 valence electrons. The van der Waals surface area contributed by atoms with Crippen LogP contribution in [-0.2, 0) is 16.6 Å². The van der Waals surface area contributed by atoms with Gasteiger partial charge in [0.25, 0.3) is 0 Å². The zero-order chi connectivity index (χ0) is 17.2. The molecule has 1 aliphatic heterocycles. The maximum absolute atomic E-state index is 12.3. The number of carbonyl (C=O) groups is 2. The van der Waals surface area contributed by atoms with Crippen LogP contribution in [0.2, 0.25) is 0 Å². The van der Waals surface area contributed by atoms with Crippen molar-refractivity contribution in [2.75, 3.05) is 18.4 Å². The molecule has 23 heavy (non-hydrogen) atoms. The summed E-state index contributed by atoms with van der Waals surface area (Å²) in [6.45, 7) is -0.215. The average Bonchev–Trinajstić information content (AvgIpc) is 2.49. The van der Waals surface area contributed by atoms with Crippen LogP contribution in [0, 0.1) is 5.92 Å². The van der Waals surface area contributed by atoms with Crippen molar-refractivity contribution >= 4 is 17.5 Å². The van der Waals surface area contributed by atoms with Crippen LogP contribution < -0.4 is 10.9 Å². The van der Waals surface area contributed by atoms with Crippen LogP contribution in [0.5, 0.6) is 0 Å². The SMILES string of the molecule is Cn1cc(NC(=O)C2CCN(C(=O)C(F)(F)F)CC2)ccc1=O. The second-order valence-electron chi connectivity index (χ2n) is 5.42. The lowest BCUT2D eigenvalue weighted by atomic mass is 9.95. The van der Waals surface area contributed by atoms with Gasteiger partial charge in [0.1, 0.15) is 0 Å². The first-order valence-electron chi connectivity index (χ1n) is 7.02. The van der Waals surface area contributed by atoms with E-state index < -0.39 is 18.0 Å². The topological polar surface area (TPSA) is 71.4 Å². The second-order valence-corrected chi connectivity index (χ2v) is 5.42. The number of piperidine rings is 1. The number of hydrogen-bond donors (Lipinski definition) is 1. The summed E-state index contributed by atoms with van der Waals surface area (Å²) >= 11 is 0. The van der Waals surface area contributed by atoms with Gasteiger partial charge in [-0.05, 0) is 18.9 Å². The molecule has 1 aromatic heterocycles. The molecular formula is C14H16F3N3O3. The van der Waals surface area contributed by atoms with E-state index in [-0.39, 0.29) is 37.4 Å². The van der Waals surface area contributed by atoms with Crippen molar-refractivity contribution in [3.05, 3.63) is 28.7 Å².